The molecule has 0 aliphatic rings. The van der Waals surface area contributed by atoms with Crippen molar-refractivity contribution in [2.75, 3.05) is 6.61 Å². The molecule has 2 aromatic carbocycles. The number of nitrogens with zero attached hydrogens (tertiary/aromatic N) is 1. The number of isothiocyanates is 1. The van der Waals surface area contributed by atoms with E-state index in [4.69, 9.17) is 9.84 Å². The van der Waals surface area contributed by atoms with Gasteiger partial charge in [0.1, 0.15) is 5.75 Å². The summed E-state index contributed by atoms with van der Waals surface area (Å²) in [5.74, 6) is -0.813. The van der Waals surface area contributed by atoms with E-state index in [9.17, 15) is 9.59 Å². The molecule has 0 saturated heterocycles. The monoisotopic (exact) mass is 313 g/mol. The lowest BCUT2D eigenvalue weighted by Crippen LogP contribution is -2.09. The number of benzene rings is 2. The van der Waals surface area contributed by atoms with Gasteiger partial charge in [-0.25, -0.2) is 4.79 Å². The molecule has 2 aromatic rings. The van der Waals surface area contributed by atoms with Crippen LogP contribution in [0, 0.1) is 0 Å². The lowest BCUT2D eigenvalue weighted by atomic mass is 10.0. The predicted molar refractivity (Wildman–Crippen MR) is 84.1 cm³/mol. The maximum atomic E-state index is 12.3. The minimum absolute atomic E-state index is 0.150. The summed E-state index contributed by atoms with van der Waals surface area (Å²) >= 11 is 4.51. The molecule has 0 bridgehead atoms. The topological polar surface area (TPSA) is 76.0 Å². The lowest BCUT2D eigenvalue weighted by Gasteiger charge is -2.05. The zero-order valence-corrected chi connectivity index (χ0v) is 12.2. The van der Waals surface area contributed by atoms with E-state index in [2.05, 4.69) is 22.4 Å². The van der Waals surface area contributed by atoms with Gasteiger partial charge in [-0.1, -0.05) is 0 Å². The molecule has 22 heavy (non-hydrogen) atoms. The molecule has 0 atom stereocenters. The first kappa shape index (κ1) is 15.6. The summed E-state index contributed by atoms with van der Waals surface area (Å²) in [4.78, 5) is 26.5. The second-order valence-corrected chi connectivity index (χ2v) is 4.47. The van der Waals surface area contributed by atoms with E-state index in [-0.39, 0.29) is 5.78 Å². The molecule has 0 saturated carbocycles. The minimum atomic E-state index is -1.06. The Morgan fingerprint density at radius 1 is 1.05 bits per heavy atom. The molecule has 0 aliphatic heterocycles. The van der Waals surface area contributed by atoms with Crippen LogP contribution in [0.4, 0.5) is 5.69 Å². The van der Waals surface area contributed by atoms with Crippen molar-refractivity contribution in [3.05, 3.63) is 59.7 Å². The highest BCUT2D eigenvalue weighted by Gasteiger charge is 2.09. The Morgan fingerprint density at radius 3 is 2.09 bits per heavy atom. The number of carbonyl (C=O) groups is 2. The van der Waals surface area contributed by atoms with Crippen LogP contribution in [0.2, 0.25) is 0 Å². The van der Waals surface area contributed by atoms with Gasteiger partial charge in [-0.05, 0) is 60.7 Å². The van der Waals surface area contributed by atoms with Crippen molar-refractivity contribution < 1.29 is 19.4 Å². The Labute approximate surface area is 131 Å². The van der Waals surface area contributed by atoms with Gasteiger partial charge in [0.05, 0.1) is 10.8 Å². The molecule has 0 fully saturated rings. The van der Waals surface area contributed by atoms with Crippen LogP contribution in [0.3, 0.4) is 0 Å². The van der Waals surface area contributed by atoms with Crippen LogP contribution >= 0.6 is 12.2 Å². The fourth-order valence-electron chi connectivity index (χ4n) is 1.75. The number of carboxylic acid groups (broad SMARTS) is 1. The Kier molecular flexibility index (Phi) is 5.14. The fourth-order valence-corrected chi connectivity index (χ4v) is 1.86. The van der Waals surface area contributed by atoms with Crippen LogP contribution in [-0.4, -0.2) is 28.6 Å². The molecule has 0 spiro atoms. The van der Waals surface area contributed by atoms with E-state index in [1.54, 1.807) is 48.5 Å². The quantitative estimate of drug-likeness (QED) is 0.504. The molecule has 6 heteroatoms. The maximum absolute atomic E-state index is 12.3. The second-order valence-electron chi connectivity index (χ2n) is 4.29. The van der Waals surface area contributed by atoms with Crippen LogP contribution in [0.25, 0.3) is 0 Å². The van der Waals surface area contributed by atoms with Gasteiger partial charge in [0, 0.05) is 11.1 Å². The van der Waals surface area contributed by atoms with Gasteiger partial charge < -0.3 is 9.84 Å². The highest BCUT2D eigenvalue weighted by atomic mass is 32.1. The summed E-state index contributed by atoms with van der Waals surface area (Å²) < 4.78 is 5.01. The summed E-state index contributed by atoms with van der Waals surface area (Å²) in [6, 6.07) is 13.0. The molecule has 0 aliphatic carbocycles. The van der Waals surface area contributed by atoms with Crippen molar-refractivity contribution in [2.24, 2.45) is 4.99 Å². The van der Waals surface area contributed by atoms with Crippen LogP contribution in [-0.2, 0) is 4.79 Å². The first-order valence-electron chi connectivity index (χ1n) is 6.27. The van der Waals surface area contributed by atoms with Gasteiger partial charge in [0.15, 0.2) is 12.4 Å². The smallest absolute Gasteiger partial charge is 0.341 e. The molecule has 1 N–H and O–H groups in total. The number of thiocarbonyl (C=S) groups is 1. The van der Waals surface area contributed by atoms with Gasteiger partial charge in [-0.15, -0.1) is 0 Å². The number of hydrogen-bond acceptors (Lipinski definition) is 5. The highest BCUT2D eigenvalue weighted by Crippen LogP contribution is 2.18. The summed E-state index contributed by atoms with van der Waals surface area (Å²) in [6.07, 6.45) is 0. The fraction of sp³-hybridized carbons (Fsp3) is 0.0625. The van der Waals surface area contributed by atoms with Crippen LogP contribution < -0.4 is 4.74 Å². The van der Waals surface area contributed by atoms with Crippen LogP contribution in [0.15, 0.2) is 53.5 Å². The zero-order chi connectivity index (χ0) is 15.9. The van der Waals surface area contributed by atoms with E-state index < -0.39 is 12.6 Å². The third-order valence-corrected chi connectivity index (χ3v) is 2.87. The van der Waals surface area contributed by atoms with E-state index in [1.807, 2.05) is 0 Å². The first-order valence-corrected chi connectivity index (χ1v) is 6.68. The number of ether oxygens (including phenoxy) is 1. The highest BCUT2D eigenvalue weighted by molar-refractivity contribution is 7.78. The number of ketones is 1. The maximum Gasteiger partial charge on any atom is 0.341 e. The van der Waals surface area contributed by atoms with Crippen molar-refractivity contribution in [3.63, 3.8) is 0 Å². The van der Waals surface area contributed by atoms with Crippen LogP contribution in [0.1, 0.15) is 15.9 Å². The third-order valence-electron chi connectivity index (χ3n) is 2.78. The van der Waals surface area contributed by atoms with E-state index in [0.717, 1.165) is 0 Å². The normalized spacial score (nSPS) is 9.64. The largest absolute Gasteiger partial charge is 0.482 e. The number of carbonyl (C=O) groups excluding carboxylic acids is 1. The number of aliphatic imine (C=N–C) groups is 1. The van der Waals surface area contributed by atoms with Crippen molar-refractivity contribution in [3.8, 4) is 5.75 Å². The van der Waals surface area contributed by atoms with E-state index in [0.29, 0.717) is 22.6 Å². The summed E-state index contributed by atoms with van der Waals surface area (Å²) in [5.41, 5.74) is 1.63. The molecule has 2 rings (SSSR count). The SMILES string of the molecule is O=C(O)COc1ccc(C(=O)c2ccc(N=C=S)cc2)cc1. The lowest BCUT2D eigenvalue weighted by molar-refractivity contribution is -0.139. The molecular formula is C16H11NO4S. The molecule has 0 amide bonds. The zero-order valence-electron chi connectivity index (χ0n) is 11.4. The third kappa shape index (κ3) is 4.09. The van der Waals surface area contributed by atoms with Crippen molar-refractivity contribution >= 4 is 34.8 Å². The molecule has 0 heterocycles. The van der Waals surface area contributed by atoms with E-state index >= 15 is 0 Å². The molecule has 0 unspecified atom stereocenters. The van der Waals surface area contributed by atoms with Crippen LogP contribution in [0.5, 0.6) is 5.75 Å². The van der Waals surface area contributed by atoms with Crippen molar-refractivity contribution in [1.82, 2.24) is 0 Å². The van der Waals surface area contributed by atoms with Gasteiger partial charge in [-0.2, -0.15) is 4.99 Å². The average Bonchev–Trinajstić information content (AvgIpc) is 2.54. The van der Waals surface area contributed by atoms with Crippen molar-refractivity contribution in [2.45, 2.75) is 0 Å². The number of hydrogen-bond donors (Lipinski definition) is 1. The van der Waals surface area contributed by atoms with Gasteiger partial charge in [0.2, 0.25) is 0 Å². The Hall–Kier alpha value is -2.82. The molecule has 5 nitrogen and oxygen atoms in total. The van der Waals surface area contributed by atoms with Gasteiger partial charge in [-0.3, -0.25) is 4.79 Å². The second kappa shape index (κ2) is 7.26. The molecule has 0 radical (unpaired) electrons. The number of carboxylic acids is 1. The number of aliphatic carboxylic acids is 1. The Bertz CT molecular complexity index is 732. The average molecular weight is 313 g/mol. The predicted octanol–water partition coefficient (Wildman–Crippen LogP) is 3.12. The number of rotatable bonds is 6. The van der Waals surface area contributed by atoms with E-state index in [1.165, 1.54) is 0 Å². The summed E-state index contributed by atoms with van der Waals surface area (Å²) in [6.45, 7) is -0.421. The Balaban J connectivity index is 2.11. The Morgan fingerprint density at radius 2 is 1.59 bits per heavy atom. The van der Waals surface area contributed by atoms with Gasteiger partial charge >= 0.3 is 5.97 Å². The van der Waals surface area contributed by atoms with Crippen molar-refractivity contribution in [1.29, 1.82) is 0 Å². The summed E-state index contributed by atoms with van der Waals surface area (Å²) in [7, 11) is 0. The van der Waals surface area contributed by atoms with Gasteiger partial charge in [0.25, 0.3) is 0 Å². The molecule has 0 aromatic heterocycles. The first-order chi connectivity index (χ1) is 10.6. The molecular weight excluding hydrogens is 302 g/mol. The molecule has 110 valence electrons. The summed E-state index contributed by atoms with van der Waals surface area (Å²) in [5, 5.41) is 10.8. The standard InChI is InChI=1S/C16H11NO4S/c18-15(19)9-21-14-7-3-12(4-8-14)16(20)11-1-5-13(6-2-11)17-10-22/h1-8H,9H2,(H,18,19). The minimum Gasteiger partial charge on any atom is -0.482 e.